The molecular formula is C18H24N4O2. The highest BCUT2D eigenvalue weighted by atomic mass is 16.5. The van der Waals surface area contributed by atoms with Crippen LogP contribution in [0.25, 0.3) is 0 Å². The van der Waals surface area contributed by atoms with Gasteiger partial charge in [-0.1, -0.05) is 31.2 Å². The van der Waals surface area contributed by atoms with E-state index < -0.39 is 0 Å². The largest absolute Gasteiger partial charge is 0.366 e. The maximum absolute atomic E-state index is 12.2. The molecule has 1 aliphatic rings. The van der Waals surface area contributed by atoms with Crippen molar-refractivity contribution in [2.75, 3.05) is 26.2 Å². The van der Waals surface area contributed by atoms with E-state index in [0.29, 0.717) is 19.7 Å². The van der Waals surface area contributed by atoms with Gasteiger partial charge in [-0.15, -0.1) is 0 Å². The minimum Gasteiger partial charge on any atom is -0.366 e. The predicted molar refractivity (Wildman–Crippen MR) is 91.5 cm³/mol. The van der Waals surface area contributed by atoms with Crippen molar-refractivity contribution in [1.82, 2.24) is 20.0 Å². The number of carbonyl (C=O) groups excluding carboxylic acids is 1. The monoisotopic (exact) mass is 328 g/mol. The topological polar surface area (TPSA) is 59.4 Å². The van der Waals surface area contributed by atoms with E-state index in [4.69, 9.17) is 4.74 Å². The van der Waals surface area contributed by atoms with E-state index in [-0.39, 0.29) is 12.0 Å². The summed E-state index contributed by atoms with van der Waals surface area (Å²) >= 11 is 0. The van der Waals surface area contributed by atoms with Crippen LogP contribution in [0.4, 0.5) is 0 Å². The number of hydrogen-bond acceptors (Lipinski definition) is 4. The fourth-order valence-electron chi connectivity index (χ4n) is 2.79. The number of morpholine rings is 1. The number of rotatable bonds is 6. The molecule has 0 saturated carbocycles. The van der Waals surface area contributed by atoms with Crippen molar-refractivity contribution in [3.63, 3.8) is 0 Å². The fourth-order valence-corrected chi connectivity index (χ4v) is 2.79. The van der Waals surface area contributed by atoms with Crippen LogP contribution in [0.5, 0.6) is 0 Å². The molecule has 1 aliphatic heterocycles. The lowest BCUT2D eigenvalue weighted by molar-refractivity contribution is -0.138. The average molecular weight is 328 g/mol. The zero-order valence-corrected chi connectivity index (χ0v) is 14.0. The van der Waals surface area contributed by atoms with Crippen LogP contribution in [0.15, 0.2) is 42.7 Å². The second-order valence-corrected chi connectivity index (χ2v) is 5.99. The third-order valence-corrected chi connectivity index (χ3v) is 4.28. The van der Waals surface area contributed by atoms with Gasteiger partial charge in [-0.05, 0) is 23.7 Å². The predicted octanol–water partition coefficient (Wildman–Crippen LogP) is 1.27. The van der Waals surface area contributed by atoms with Gasteiger partial charge in [0.1, 0.15) is 6.10 Å². The van der Waals surface area contributed by atoms with E-state index >= 15 is 0 Å². The van der Waals surface area contributed by atoms with Crippen molar-refractivity contribution >= 4 is 5.91 Å². The fraction of sp³-hybridized carbons (Fsp3) is 0.444. The summed E-state index contributed by atoms with van der Waals surface area (Å²) in [4.78, 5) is 14.5. The van der Waals surface area contributed by atoms with Gasteiger partial charge < -0.3 is 10.1 Å². The first-order valence-corrected chi connectivity index (χ1v) is 8.41. The van der Waals surface area contributed by atoms with Crippen molar-refractivity contribution in [3.05, 3.63) is 53.9 Å². The lowest BCUT2D eigenvalue weighted by atomic mass is 10.1. The maximum Gasteiger partial charge on any atom is 0.250 e. The first kappa shape index (κ1) is 16.7. The third kappa shape index (κ3) is 4.43. The molecule has 6 heteroatoms. The summed E-state index contributed by atoms with van der Waals surface area (Å²) in [6.45, 7) is 6.52. The lowest BCUT2D eigenvalue weighted by Crippen LogP contribution is -2.49. The lowest BCUT2D eigenvalue weighted by Gasteiger charge is -2.31. The van der Waals surface area contributed by atoms with Gasteiger partial charge in [-0.2, -0.15) is 5.10 Å². The minimum atomic E-state index is -0.363. The molecule has 3 rings (SSSR count). The number of nitrogens with one attached hydrogen (secondary N) is 1. The highest BCUT2D eigenvalue weighted by molar-refractivity contribution is 5.81. The van der Waals surface area contributed by atoms with Crippen LogP contribution in [0, 0.1) is 0 Å². The molecule has 2 heterocycles. The normalized spacial score (nSPS) is 18.5. The molecule has 1 saturated heterocycles. The SMILES string of the molecule is CCN1CCO[C@@H](C(=O)NCc2ccc(Cn3cccn3)cc2)C1. The second-order valence-electron chi connectivity index (χ2n) is 5.99. The molecule has 24 heavy (non-hydrogen) atoms. The zero-order valence-electron chi connectivity index (χ0n) is 14.0. The standard InChI is InChI=1S/C18H24N4O2/c1-2-21-10-11-24-17(14-21)18(23)19-12-15-4-6-16(7-5-15)13-22-9-3-8-20-22/h3-9,17H,2,10-14H2,1H3,(H,19,23)/t17-/m1/s1. The van der Waals surface area contributed by atoms with Gasteiger partial charge in [0, 0.05) is 32.0 Å². The van der Waals surface area contributed by atoms with Crippen LogP contribution in [-0.2, 0) is 22.6 Å². The summed E-state index contributed by atoms with van der Waals surface area (Å²) in [5.41, 5.74) is 2.26. The van der Waals surface area contributed by atoms with Gasteiger partial charge in [0.25, 0.3) is 5.91 Å². The van der Waals surface area contributed by atoms with Gasteiger partial charge in [-0.3, -0.25) is 14.4 Å². The van der Waals surface area contributed by atoms with Crippen molar-refractivity contribution in [2.24, 2.45) is 0 Å². The molecule has 0 aliphatic carbocycles. The van der Waals surface area contributed by atoms with Crippen molar-refractivity contribution < 1.29 is 9.53 Å². The smallest absolute Gasteiger partial charge is 0.250 e. The summed E-state index contributed by atoms with van der Waals surface area (Å²) in [5, 5.41) is 7.17. The first-order chi connectivity index (χ1) is 11.7. The molecule has 6 nitrogen and oxygen atoms in total. The van der Waals surface area contributed by atoms with E-state index in [1.807, 2.05) is 29.1 Å². The molecule has 0 unspecified atom stereocenters. The molecule has 0 radical (unpaired) electrons. The molecule has 1 aromatic heterocycles. The Labute approximate surface area is 142 Å². The summed E-state index contributed by atoms with van der Waals surface area (Å²) in [5.74, 6) is -0.0335. The highest BCUT2D eigenvalue weighted by Gasteiger charge is 2.25. The maximum atomic E-state index is 12.2. The Morgan fingerprint density at radius 2 is 2.12 bits per heavy atom. The van der Waals surface area contributed by atoms with Crippen molar-refractivity contribution in [3.8, 4) is 0 Å². The van der Waals surface area contributed by atoms with Crippen LogP contribution < -0.4 is 5.32 Å². The van der Waals surface area contributed by atoms with Gasteiger partial charge in [0.15, 0.2) is 0 Å². The molecule has 2 aromatic rings. The number of nitrogens with zero attached hydrogens (tertiary/aromatic N) is 3. The highest BCUT2D eigenvalue weighted by Crippen LogP contribution is 2.08. The van der Waals surface area contributed by atoms with Gasteiger partial charge in [-0.25, -0.2) is 0 Å². The minimum absolute atomic E-state index is 0.0335. The van der Waals surface area contributed by atoms with Crippen LogP contribution in [-0.4, -0.2) is 52.9 Å². The molecule has 1 fully saturated rings. The summed E-state index contributed by atoms with van der Waals surface area (Å²) in [7, 11) is 0. The van der Waals surface area contributed by atoms with E-state index in [1.165, 1.54) is 5.56 Å². The van der Waals surface area contributed by atoms with E-state index in [0.717, 1.165) is 25.2 Å². The Kier molecular flexibility index (Phi) is 5.61. The number of ether oxygens (including phenoxy) is 1. The van der Waals surface area contributed by atoms with Crippen molar-refractivity contribution in [1.29, 1.82) is 0 Å². The van der Waals surface area contributed by atoms with E-state index in [1.54, 1.807) is 6.20 Å². The number of hydrogen-bond donors (Lipinski definition) is 1. The molecule has 1 aromatic carbocycles. The van der Waals surface area contributed by atoms with Gasteiger partial charge >= 0.3 is 0 Å². The molecule has 128 valence electrons. The molecule has 1 N–H and O–H groups in total. The average Bonchev–Trinajstić information content (AvgIpc) is 3.14. The molecule has 1 atom stereocenters. The van der Waals surface area contributed by atoms with Crippen molar-refractivity contribution in [2.45, 2.75) is 26.1 Å². The van der Waals surface area contributed by atoms with Gasteiger partial charge in [0.05, 0.1) is 13.2 Å². The number of amides is 1. The van der Waals surface area contributed by atoms with E-state index in [9.17, 15) is 4.79 Å². The summed E-state index contributed by atoms with van der Waals surface area (Å²) < 4.78 is 7.46. The third-order valence-electron chi connectivity index (χ3n) is 4.28. The number of carbonyl (C=O) groups is 1. The van der Waals surface area contributed by atoms with Crippen LogP contribution in [0.1, 0.15) is 18.1 Å². The summed E-state index contributed by atoms with van der Waals surface area (Å²) in [6, 6.07) is 10.1. The van der Waals surface area contributed by atoms with Crippen LogP contribution in [0.2, 0.25) is 0 Å². The zero-order chi connectivity index (χ0) is 16.8. The Morgan fingerprint density at radius 3 is 2.83 bits per heavy atom. The molecule has 0 bridgehead atoms. The molecule has 1 amide bonds. The van der Waals surface area contributed by atoms with Crippen LogP contribution >= 0.6 is 0 Å². The van der Waals surface area contributed by atoms with E-state index in [2.05, 4.69) is 34.4 Å². The Bertz CT molecular complexity index is 640. The Morgan fingerprint density at radius 1 is 1.33 bits per heavy atom. The van der Waals surface area contributed by atoms with Crippen LogP contribution in [0.3, 0.4) is 0 Å². The number of aromatic nitrogens is 2. The second kappa shape index (κ2) is 8.08. The molecule has 0 spiro atoms. The number of benzene rings is 1. The Hall–Kier alpha value is -2.18. The molecular weight excluding hydrogens is 304 g/mol. The summed E-state index contributed by atoms with van der Waals surface area (Å²) in [6.07, 6.45) is 3.35. The quantitative estimate of drug-likeness (QED) is 0.867. The van der Waals surface area contributed by atoms with Gasteiger partial charge in [0.2, 0.25) is 0 Å². The number of likely N-dealkylation sites (N-methyl/N-ethyl adjacent to an activating group) is 1. The Balaban J connectivity index is 1.48. The first-order valence-electron chi connectivity index (χ1n) is 8.41.